The number of halogens is 1. The van der Waals surface area contributed by atoms with Crippen molar-refractivity contribution >= 4 is 29.2 Å². The third-order valence-electron chi connectivity index (χ3n) is 4.19. The highest BCUT2D eigenvalue weighted by atomic mass is 35.5. The Kier molecular flexibility index (Phi) is 6.45. The first-order valence-electron chi connectivity index (χ1n) is 8.93. The molecule has 0 aliphatic carbocycles. The Labute approximate surface area is 169 Å². The number of rotatable bonds is 6. The Bertz CT molecular complexity index is 949. The monoisotopic (exact) mass is 393 g/mol. The van der Waals surface area contributed by atoms with E-state index in [1.54, 1.807) is 36.4 Å². The van der Waals surface area contributed by atoms with Gasteiger partial charge in [-0.1, -0.05) is 41.4 Å². The van der Waals surface area contributed by atoms with Crippen LogP contribution < -0.4 is 10.1 Å². The number of aryl methyl sites for hydroxylation is 2. The second kappa shape index (κ2) is 9.20. The first-order chi connectivity index (χ1) is 13.5. The molecule has 1 amide bonds. The summed E-state index contributed by atoms with van der Waals surface area (Å²) in [5, 5.41) is 3.50. The topological polar surface area (TPSA) is 55.4 Å². The fourth-order valence-corrected chi connectivity index (χ4v) is 2.72. The largest absolute Gasteiger partial charge is 0.427 e. The number of amides is 1. The standard InChI is InChI=1S/C23H20ClNO3/c1-16-2-11-20(12-3-16)25-23(27)18-7-13-21(14-8-18)28-22(26)15-6-17-4-9-19(24)10-5-17/h2-5,7-14H,6,15H2,1H3,(H,25,27). The Morgan fingerprint density at radius 2 is 1.54 bits per heavy atom. The molecule has 1 N–H and O–H groups in total. The molecule has 0 bridgehead atoms. The van der Waals surface area contributed by atoms with Crippen molar-refractivity contribution in [2.24, 2.45) is 0 Å². The molecular formula is C23H20ClNO3. The Hall–Kier alpha value is -3.11. The molecule has 0 aliphatic heterocycles. The van der Waals surface area contributed by atoms with Crippen molar-refractivity contribution in [3.8, 4) is 5.75 Å². The van der Waals surface area contributed by atoms with Gasteiger partial charge in [0.05, 0.1) is 0 Å². The smallest absolute Gasteiger partial charge is 0.311 e. The van der Waals surface area contributed by atoms with Gasteiger partial charge in [0.2, 0.25) is 0 Å². The summed E-state index contributed by atoms with van der Waals surface area (Å²) in [6, 6.07) is 21.4. The van der Waals surface area contributed by atoms with Gasteiger partial charge in [0.25, 0.3) is 5.91 Å². The molecule has 0 aliphatic rings. The van der Waals surface area contributed by atoms with Gasteiger partial charge in [-0.05, 0) is 67.4 Å². The lowest BCUT2D eigenvalue weighted by Gasteiger charge is -2.07. The summed E-state index contributed by atoms with van der Waals surface area (Å²) < 4.78 is 5.33. The van der Waals surface area contributed by atoms with E-state index in [2.05, 4.69) is 5.32 Å². The number of hydrogen-bond acceptors (Lipinski definition) is 3. The van der Waals surface area contributed by atoms with E-state index in [1.165, 1.54) is 0 Å². The first-order valence-corrected chi connectivity index (χ1v) is 9.30. The summed E-state index contributed by atoms with van der Waals surface area (Å²) in [5.74, 6) is -0.135. The minimum absolute atomic E-state index is 0.218. The Morgan fingerprint density at radius 3 is 2.18 bits per heavy atom. The van der Waals surface area contributed by atoms with Gasteiger partial charge >= 0.3 is 5.97 Å². The summed E-state index contributed by atoms with van der Waals surface area (Å²) in [4.78, 5) is 24.3. The van der Waals surface area contributed by atoms with Crippen LogP contribution in [0.2, 0.25) is 5.02 Å². The molecule has 0 unspecified atom stereocenters. The van der Waals surface area contributed by atoms with Crippen molar-refractivity contribution in [3.63, 3.8) is 0 Å². The quantitative estimate of drug-likeness (QED) is 0.448. The van der Waals surface area contributed by atoms with Crippen molar-refractivity contribution in [2.45, 2.75) is 19.8 Å². The summed E-state index contributed by atoms with van der Waals surface area (Å²) in [5.41, 5.74) is 3.36. The SMILES string of the molecule is Cc1ccc(NC(=O)c2ccc(OC(=O)CCc3ccc(Cl)cc3)cc2)cc1. The number of esters is 1. The lowest BCUT2D eigenvalue weighted by molar-refractivity contribution is -0.134. The minimum atomic E-state index is -0.327. The molecule has 0 heterocycles. The van der Waals surface area contributed by atoms with E-state index >= 15 is 0 Å². The van der Waals surface area contributed by atoms with Gasteiger partial charge in [-0.2, -0.15) is 0 Å². The van der Waals surface area contributed by atoms with E-state index in [4.69, 9.17) is 16.3 Å². The zero-order chi connectivity index (χ0) is 19.9. The zero-order valence-corrected chi connectivity index (χ0v) is 16.2. The molecule has 3 aromatic carbocycles. The maximum absolute atomic E-state index is 12.3. The highest BCUT2D eigenvalue weighted by molar-refractivity contribution is 6.30. The Morgan fingerprint density at radius 1 is 0.893 bits per heavy atom. The van der Waals surface area contributed by atoms with Crippen LogP contribution in [-0.4, -0.2) is 11.9 Å². The van der Waals surface area contributed by atoms with Crippen LogP contribution in [0.1, 0.15) is 27.9 Å². The molecule has 0 aromatic heterocycles. The third-order valence-corrected chi connectivity index (χ3v) is 4.44. The highest BCUT2D eigenvalue weighted by Gasteiger charge is 2.09. The van der Waals surface area contributed by atoms with Gasteiger partial charge in [-0.25, -0.2) is 0 Å². The number of nitrogens with one attached hydrogen (secondary N) is 1. The average molecular weight is 394 g/mol. The van der Waals surface area contributed by atoms with Crippen LogP contribution in [-0.2, 0) is 11.2 Å². The second-order valence-corrected chi connectivity index (χ2v) is 6.88. The second-order valence-electron chi connectivity index (χ2n) is 6.45. The molecule has 0 saturated heterocycles. The normalized spacial score (nSPS) is 10.4. The molecule has 0 spiro atoms. The molecule has 28 heavy (non-hydrogen) atoms. The molecule has 0 fully saturated rings. The molecule has 4 nitrogen and oxygen atoms in total. The number of carbonyl (C=O) groups excluding carboxylic acids is 2. The van der Waals surface area contributed by atoms with Crippen molar-refractivity contribution in [1.82, 2.24) is 0 Å². The van der Waals surface area contributed by atoms with Crippen LogP contribution in [0.25, 0.3) is 0 Å². The molecule has 142 valence electrons. The van der Waals surface area contributed by atoms with Crippen LogP contribution in [0.5, 0.6) is 5.75 Å². The molecule has 0 atom stereocenters. The first kappa shape index (κ1) is 19.6. The van der Waals surface area contributed by atoms with Crippen molar-refractivity contribution in [1.29, 1.82) is 0 Å². The molecule has 3 rings (SSSR count). The number of benzene rings is 3. The van der Waals surface area contributed by atoms with Gasteiger partial charge in [-0.15, -0.1) is 0 Å². The summed E-state index contributed by atoms with van der Waals surface area (Å²) in [7, 11) is 0. The van der Waals surface area contributed by atoms with Crippen molar-refractivity contribution < 1.29 is 14.3 Å². The van der Waals surface area contributed by atoms with Gasteiger partial charge in [0, 0.05) is 22.7 Å². The van der Waals surface area contributed by atoms with E-state index < -0.39 is 0 Å². The third kappa shape index (κ3) is 5.69. The predicted octanol–water partition coefficient (Wildman–Crippen LogP) is 5.44. The van der Waals surface area contributed by atoms with E-state index in [1.807, 2.05) is 43.3 Å². The van der Waals surface area contributed by atoms with Gasteiger partial charge in [-0.3, -0.25) is 9.59 Å². The molecule has 5 heteroatoms. The fraction of sp³-hybridized carbons (Fsp3) is 0.130. The van der Waals surface area contributed by atoms with Crippen LogP contribution >= 0.6 is 11.6 Å². The predicted molar refractivity (Wildman–Crippen MR) is 111 cm³/mol. The fourth-order valence-electron chi connectivity index (χ4n) is 2.59. The van der Waals surface area contributed by atoms with Crippen LogP contribution in [0.15, 0.2) is 72.8 Å². The minimum Gasteiger partial charge on any atom is -0.427 e. The van der Waals surface area contributed by atoms with Crippen LogP contribution in [0.4, 0.5) is 5.69 Å². The number of ether oxygens (including phenoxy) is 1. The summed E-state index contributed by atoms with van der Waals surface area (Å²) in [6.07, 6.45) is 0.838. The molecular weight excluding hydrogens is 374 g/mol. The summed E-state index contributed by atoms with van der Waals surface area (Å²) in [6.45, 7) is 1.99. The lowest BCUT2D eigenvalue weighted by Crippen LogP contribution is -2.12. The average Bonchev–Trinajstić information content (AvgIpc) is 2.70. The van der Waals surface area contributed by atoms with Crippen LogP contribution in [0, 0.1) is 6.92 Å². The maximum atomic E-state index is 12.3. The molecule has 0 radical (unpaired) electrons. The van der Waals surface area contributed by atoms with E-state index in [-0.39, 0.29) is 18.3 Å². The number of anilines is 1. The van der Waals surface area contributed by atoms with Gasteiger partial charge in [0.15, 0.2) is 0 Å². The number of hydrogen-bond donors (Lipinski definition) is 1. The van der Waals surface area contributed by atoms with Crippen LogP contribution in [0.3, 0.4) is 0 Å². The van der Waals surface area contributed by atoms with E-state index in [9.17, 15) is 9.59 Å². The van der Waals surface area contributed by atoms with E-state index in [0.29, 0.717) is 22.8 Å². The number of carbonyl (C=O) groups is 2. The molecule has 0 saturated carbocycles. The lowest BCUT2D eigenvalue weighted by atomic mass is 10.1. The van der Waals surface area contributed by atoms with Gasteiger partial charge < -0.3 is 10.1 Å². The maximum Gasteiger partial charge on any atom is 0.311 e. The summed E-state index contributed by atoms with van der Waals surface area (Å²) >= 11 is 5.85. The Balaban J connectivity index is 1.51. The van der Waals surface area contributed by atoms with Crippen molar-refractivity contribution in [3.05, 3.63) is 94.5 Å². The zero-order valence-electron chi connectivity index (χ0n) is 15.4. The van der Waals surface area contributed by atoms with E-state index in [0.717, 1.165) is 16.8 Å². The van der Waals surface area contributed by atoms with Gasteiger partial charge in [0.1, 0.15) is 5.75 Å². The molecule has 3 aromatic rings. The highest BCUT2D eigenvalue weighted by Crippen LogP contribution is 2.16. The van der Waals surface area contributed by atoms with Crippen molar-refractivity contribution in [2.75, 3.05) is 5.32 Å².